The van der Waals surface area contributed by atoms with Crippen LogP contribution in [-0.2, 0) is 27.5 Å². The number of nitrogens with zero attached hydrogens (tertiary/aromatic N) is 1. The van der Waals surface area contributed by atoms with Gasteiger partial charge in [0.05, 0.1) is 5.92 Å². The first kappa shape index (κ1) is 21.6. The number of rotatable bonds is 7. The summed E-state index contributed by atoms with van der Waals surface area (Å²) in [6.45, 7) is 7.08. The first-order valence-corrected chi connectivity index (χ1v) is 10.3. The highest BCUT2D eigenvalue weighted by Crippen LogP contribution is 2.21. The molecule has 6 heteroatoms. The second kappa shape index (κ2) is 9.57. The second-order valence-electron chi connectivity index (χ2n) is 8.22. The maximum Gasteiger partial charge on any atom is 0.226 e. The average molecular weight is 408 g/mol. The van der Waals surface area contributed by atoms with Crippen molar-refractivity contribution in [2.45, 2.75) is 40.3 Å². The lowest BCUT2D eigenvalue weighted by molar-refractivity contribution is -0.129. The number of amides is 3. The van der Waals surface area contributed by atoms with Crippen LogP contribution in [0.5, 0.6) is 0 Å². The van der Waals surface area contributed by atoms with E-state index in [1.165, 1.54) is 5.56 Å². The molecule has 0 aromatic heterocycles. The van der Waals surface area contributed by atoms with Gasteiger partial charge in [-0.25, -0.2) is 0 Å². The van der Waals surface area contributed by atoms with Crippen molar-refractivity contribution < 1.29 is 14.4 Å². The van der Waals surface area contributed by atoms with Gasteiger partial charge >= 0.3 is 0 Å². The summed E-state index contributed by atoms with van der Waals surface area (Å²) in [5, 5.41) is 5.77. The molecule has 0 aliphatic carbocycles. The molecule has 0 saturated carbocycles. The number of anilines is 1. The molecule has 1 heterocycles. The normalized spacial score (nSPS) is 16.1. The summed E-state index contributed by atoms with van der Waals surface area (Å²) in [5.41, 5.74) is 3.92. The maximum atomic E-state index is 12.5. The fraction of sp³-hybridized carbons (Fsp3) is 0.375. The van der Waals surface area contributed by atoms with Crippen LogP contribution in [0.1, 0.15) is 37.0 Å². The summed E-state index contributed by atoms with van der Waals surface area (Å²) < 4.78 is 0. The van der Waals surface area contributed by atoms with Crippen molar-refractivity contribution in [2.75, 3.05) is 11.9 Å². The van der Waals surface area contributed by atoms with E-state index in [0.717, 1.165) is 16.8 Å². The summed E-state index contributed by atoms with van der Waals surface area (Å²) in [7, 11) is 0. The number of nitrogens with one attached hydrogen (secondary N) is 2. The largest absolute Gasteiger partial charge is 0.352 e. The Labute approximate surface area is 177 Å². The molecule has 1 aliphatic rings. The fourth-order valence-electron chi connectivity index (χ4n) is 3.34. The summed E-state index contributed by atoms with van der Waals surface area (Å²) in [6, 6.07) is 15.5. The van der Waals surface area contributed by atoms with Crippen molar-refractivity contribution in [2.24, 2.45) is 11.8 Å². The van der Waals surface area contributed by atoms with Gasteiger partial charge in [-0.1, -0.05) is 55.8 Å². The van der Waals surface area contributed by atoms with Crippen molar-refractivity contribution in [3.8, 4) is 0 Å². The van der Waals surface area contributed by atoms with Gasteiger partial charge in [0.15, 0.2) is 0 Å². The fourth-order valence-corrected chi connectivity index (χ4v) is 3.34. The van der Waals surface area contributed by atoms with Gasteiger partial charge in [0.2, 0.25) is 17.7 Å². The predicted molar refractivity (Wildman–Crippen MR) is 116 cm³/mol. The molecule has 2 aromatic rings. The van der Waals surface area contributed by atoms with E-state index in [4.69, 9.17) is 0 Å². The number of hydrogen-bond acceptors (Lipinski definition) is 3. The highest BCUT2D eigenvalue weighted by atomic mass is 16.2. The zero-order valence-electron chi connectivity index (χ0n) is 17.8. The standard InChI is InChI=1S/C24H29N3O3/c1-16(2)23(29)26-21-10-8-18(9-11-21)13-25-24(30)20-12-22(28)27(15-20)14-19-6-4-17(3)5-7-19/h4-11,16,20H,12-15H2,1-3H3,(H,25,30)(H,26,29). The second-order valence-corrected chi connectivity index (χ2v) is 8.22. The molecular weight excluding hydrogens is 378 g/mol. The Hall–Kier alpha value is -3.15. The highest BCUT2D eigenvalue weighted by molar-refractivity contribution is 5.92. The quantitative estimate of drug-likeness (QED) is 0.740. The van der Waals surface area contributed by atoms with Crippen molar-refractivity contribution >= 4 is 23.4 Å². The van der Waals surface area contributed by atoms with Crippen LogP contribution in [-0.4, -0.2) is 29.2 Å². The number of aryl methyl sites for hydroxylation is 1. The van der Waals surface area contributed by atoms with E-state index in [2.05, 4.69) is 10.6 Å². The molecule has 1 aliphatic heterocycles. The number of hydrogen-bond donors (Lipinski definition) is 2. The summed E-state index contributed by atoms with van der Waals surface area (Å²) in [6.07, 6.45) is 0.248. The van der Waals surface area contributed by atoms with Crippen LogP contribution < -0.4 is 10.6 Å². The van der Waals surface area contributed by atoms with Crippen molar-refractivity contribution in [1.82, 2.24) is 10.2 Å². The Morgan fingerprint density at radius 1 is 1.03 bits per heavy atom. The van der Waals surface area contributed by atoms with E-state index >= 15 is 0 Å². The van der Waals surface area contributed by atoms with Crippen LogP contribution in [0.2, 0.25) is 0 Å². The minimum absolute atomic E-state index is 0.0148. The van der Waals surface area contributed by atoms with E-state index in [1.54, 1.807) is 4.90 Å². The van der Waals surface area contributed by atoms with E-state index < -0.39 is 0 Å². The van der Waals surface area contributed by atoms with Gasteiger partial charge in [-0.2, -0.15) is 0 Å². The molecule has 1 fully saturated rings. The Morgan fingerprint density at radius 3 is 2.30 bits per heavy atom. The lowest BCUT2D eigenvalue weighted by Crippen LogP contribution is -2.32. The van der Waals surface area contributed by atoms with Gasteiger partial charge in [-0.15, -0.1) is 0 Å². The molecule has 3 rings (SSSR count). The van der Waals surface area contributed by atoms with Gasteiger partial charge in [-0.05, 0) is 30.2 Å². The van der Waals surface area contributed by atoms with Crippen LogP contribution in [0.3, 0.4) is 0 Å². The summed E-state index contributed by atoms with van der Waals surface area (Å²) >= 11 is 0. The van der Waals surface area contributed by atoms with E-state index in [0.29, 0.717) is 19.6 Å². The van der Waals surface area contributed by atoms with Gasteiger partial charge in [0.1, 0.15) is 0 Å². The van der Waals surface area contributed by atoms with Gasteiger partial charge in [0, 0.05) is 37.7 Å². The first-order chi connectivity index (χ1) is 14.3. The van der Waals surface area contributed by atoms with Gasteiger partial charge < -0.3 is 15.5 Å². The molecule has 158 valence electrons. The molecule has 0 bridgehead atoms. The third-order valence-corrected chi connectivity index (χ3v) is 5.29. The highest BCUT2D eigenvalue weighted by Gasteiger charge is 2.34. The molecular formula is C24H29N3O3. The first-order valence-electron chi connectivity index (χ1n) is 10.3. The Morgan fingerprint density at radius 2 is 1.67 bits per heavy atom. The predicted octanol–water partition coefficient (Wildman–Crippen LogP) is 3.25. The van der Waals surface area contributed by atoms with Gasteiger partial charge in [-0.3, -0.25) is 14.4 Å². The molecule has 2 N–H and O–H groups in total. The van der Waals surface area contributed by atoms with Crippen molar-refractivity contribution in [3.63, 3.8) is 0 Å². The van der Waals surface area contributed by atoms with Crippen LogP contribution in [0.4, 0.5) is 5.69 Å². The van der Waals surface area contributed by atoms with E-state index in [9.17, 15) is 14.4 Å². The third kappa shape index (κ3) is 5.69. The molecule has 3 amide bonds. The average Bonchev–Trinajstić information content (AvgIpc) is 3.09. The molecule has 1 unspecified atom stereocenters. The number of benzene rings is 2. The Balaban J connectivity index is 1.48. The Kier molecular flexibility index (Phi) is 6.87. The molecule has 0 spiro atoms. The van der Waals surface area contributed by atoms with Crippen LogP contribution in [0.15, 0.2) is 48.5 Å². The lowest BCUT2D eigenvalue weighted by Gasteiger charge is -2.17. The van der Waals surface area contributed by atoms with Crippen molar-refractivity contribution in [3.05, 3.63) is 65.2 Å². The molecule has 30 heavy (non-hydrogen) atoms. The number of carbonyl (C=O) groups is 3. The molecule has 0 radical (unpaired) electrons. The van der Waals surface area contributed by atoms with Crippen LogP contribution in [0, 0.1) is 18.8 Å². The Bertz CT molecular complexity index is 904. The number of carbonyl (C=O) groups excluding carboxylic acids is 3. The van der Waals surface area contributed by atoms with Crippen molar-refractivity contribution in [1.29, 1.82) is 0 Å². The summed E-state index contributed by atoms with van der Waals surface area (Å²) in [5.74, 6) is -0.527. The zero-order valence-corrected chi connectivity index (χ0v) is 17.8. The van der Waals surface area contributed by atoms with Crippen LogP contribution >= 0.6 is 0 Å². The minimum atomic E-state index is -0.326. The number of likely N-dealkylation sites (tertiary alicyclic amines) is 1. The smallest absolute Gasteiger partial charge is 0.226 e. The van der Waals surface area contributed by atoms with Gasteiger partial charge in [0.25, 0.3) is 0 Å². The zero-order chi connectivity index (χ0) is 21.7. The van der Waals surface area contributed by atoms with Crippen LogP contribution in [0.25, 0.3) is 0 Å². The molecule has 2 aromatic carbocycles. The molecule has 1 atom stereocenters. The maximum absolute atomic E-state index is 12.5. The van der Waals surface area contributed by atoms with E-state index in [-0.39, 0.29) is 36.0 Å². The van der Waals surface area contributed by atoms with E-state index in [1.807, 2.05) is 69.3 Å². The minimum Gasteiger partial charge on any atom is -0.352 e. The third-order valence-electron chi connectivity index (χ3n) is 5.29. The topological polar surface area (TPSA) is 78.5 Å². The SMILES string of the molecule is Cc1ccc(CN2CC(C(=O)NCc3ccc(NC(=O)C(C)C)cc3)CC2=O)cc1. The monoisotopic (exact) mass is 407 g/mol. The summed E-state index contributed by atoms with van der Waals surface area (Å²) in [4.78, 5) is 38.4. The molecule has 1 saturated heterocycles. The lowest BCUT2D eigenvalue weighted by atomic mass is 10.1. The molecule has 6 nitrogen and oxygen atoms in total.